The van der Waals surface area contributed by atoms with E-state index in [0.29, 0.717) is 12.3 Å². The molecule has 2 N–H and O–H groups in total. The second-order valence-corrected chi connectivity index (χ2v) is 2.54. The van der Waals surface area contributed by atoms with Crippen molar-refractivity contribution in [1.82, 2.24) is 5.48 Å². The molecule has 1 aromatic carbocycles. The monoisotopic (exact) mass is 201 g/mol. The first-order valence-electron chi connectivity index (χ1n) is 3.52. The smallest absolute Gasteiger partial charge is 0.239 e. The van der Waals surface area contributed by atoms with Crippen LogP contribution in [0.1, 0.15) is 5.56 Å². The highest BCUT2D eigenvalue weighted by Crippen LogP contribution is 2.26. The van der Waals surface area contributed by atoms with Crippen molar-refractivity contribution in [3.8, 4) is 11.5 Å². The van der Waals surface area contributed by atoms with Crippen molar-refractivity contribution < 1.29 is 14.7 Å². The number of hydrogen-bond acceptors (Lipinski definition) is 3. The lowest BCUT2D eigenvalue weighted by Crippen LogP contribution is -2.15. The van der Waals surface area contributed by atoms with Crippen LogP contribution in [0.5, 0.6) is 11.5 Å². The van der Waals surface area contributed by atoms with Crippen LogP contribution in [-0.2, 0) is 10.7 Å². The zero-order valence-corrected chi connectivity index (χ0v) is 7.41. The number of phenolic OH excluding ortho intramolecular Hbond substituents is 1. The second-order valence-electron chi connectivity index (χ2n) is 2.27. The first kappa shape index (κ1) is 9.67. The van der Waals surface area contributed by atoms with E-state index in [-0.39, 0.29) is 11.5 Å². The number of carbonyl (C=O) groups excluding carboxylic acids is 1. The number of halogens is 1. The van der Waals surface area contributed by atoms with Gasteiger partial charge in [0, 0.05) is 5.88 Å². The quantitative estimate of drug-likeness (QED) is 0.437. The van der Waals surface area contributed by atoms with Gasteiger partial charge in [0.15, 0.2) is 11.5 Å². The van der Waals surface area contributed by atoms with E-state index in [1.165, 1.54) is 12.1 Å². The van der Waals surface area contributed by atoms with E-state index in [0.717, 1.165) is 5.56 Å². The molecule has 0 bridgehead atoms. The Morgan fingerprint density at radius 3 is 2.92 bits per heavy atom. The van der Waals surface area contributed by atoms with Crippen LogP contribution in [0.15, 0.2) is 18.2 Å². The van der Waals surface area contributed by atoms with Gasteiger partial charge in [0.05, 0.1) is 0 Å². The van der Waals surface area contributed by atoms with E-state index in [1.807, 2.05) is 5.48 Å². The summed E-state index contributed by atoms with van der Waals surface area (Å²) >= 11 is 5.53. The van der Waals surface area contributed by atoms with Gasteiger partial charge in [0.2, 0.25) is 6.41 Å². The summed E-state index contributed by atoms with van der Waals surface area (Å²) in [5.74, 6) is 0.433. The number of benzene rings is 1. The average molecular weight is 202 g/mol. The van der Waals surface area contributed by atoms with Crippen LogP contribution in [0.25, 0.3) is 0 Å². The largest absolute Gasteiger partial charge is 0.504 e. The maximum atomic E-state index is 9.87. The molecule has 0 saturated heterocycles. The Morgan fingerprint density at radius 2 is 2.38 bits per heavy atom. The Hall–Kier alpha value is -1.42. The third-order valence-corrected chi connectivity index (χ3v) is 1.70. The van der Waals surface area contributed by atoms with Crippen LogP contribution < -0.4 is 10.3 Å². The Balaban J connectivity index is 2.78. The van der Waals surface area contributed by atoms with Crippen molar-refractivity contribution in [2.24, 2.45) is 0 Å². The van der Waals surface area contributed by atoms with Crippen molar-refractivity contribution in [3.63, 3.8) is 0 Å². The standard InChI is InChI=1S/C8H8ClNO3/c9-4-6-1-2-8(7(12)3-6)13-10-5-11/h1-3,5,12H,4H2,(H,10,11). The minimum absolute atomic E-state index is 0.0625. The van der Waals surface area contributed by atoms with Crippen LogP contribution >= 0.6 is 11.6 Å². The van der Waals surface area contributed by atoms with E-state index in [4.69, 9.17) is 11.6 Å². The SMILES string of the molecule is O=CNOc1ccc(CCl)cc1O. The van der Waals surface area contributed by atoms with Crippen LogP contribution in [0.3, 0.4) is 0 Å². The van der Waals surface area contributed by atoms with Crippen LogP contribution in [-0.4, -0.2) is 11.5 Å². The maximum absolute atomic E-state index is 9.87. The number of rotatable bonds is 4. The molecule has 0 fully saturated rings. The number of amides is 1. The molecular formula is C8H8ClNO3. The topological polar surface area (TPSA) is 58.6 Å². The van der Waals surface area contributed by atoms with Gasteiger partial charge in [-0.2, -0.15) is 5.48 Å². The molecule has 0 atom stereocenters. The van der Waals surface area contributed by atoms with Crippen LogP contribution in [0.2, 0.25) is 0 Å². The highest BCUT2D eigenvalue weighted by atomic mass is 35.5. The summed E-state index contributed by atoms with van der Waals surface area (Å²) in [6.45, 7) is 0. The lowest BCUT2D eigenvalue weighted by molar-refractivity contribution is -0.115. The normalized spacial score (nSPS) is 9.31. The van der Waals surface area contributed by atoms with E-state index >= 15 is 0 Å². The molecule has 1 rings (SSSR count). The average Bonchev–Trinajstić information content (AvgIpc) is 2.16. The van der Waals surface area contributed by atoms with Gasteiger partial charge in [0.1, 0.15) is 0 Å². The summed E-state index contributed by atoms with van der Waals surface area (Å²) in [7, 11) is 0. The molecule has 0 saturated carbocycles. The zero-order valence-electron chi connectivity index (χ0n) is 6.66. The van der Waals surface area contributed by atoms with E-state index in [9.17, 15) is 9.90 Å². The molecule has 1 aromatic rings. The Morgan fingerprint density at radius 1 is 1.62 bits per heavy atom. The highest BCUT2D eigenvalue weighted by Gasteiger charge is 2.02. The molecule has 0 heterocycles. The Bertz CT molecular complexity index is 303. The maximum Gasteiger partial charge on any atom is 0.239 e. The van der Waals surface area contributed by atoms with Gasteiger partial charge in [0.25, 0.3) is 0 Å². The van der Waals surface area contributed by atoms with Gasteiger partial charge in [-0.05, 0) is 17.7 Å². The third kappa shape index (κ3) is 2.52. The molecule has 0 aliphatic heterocycles. The molecule has 0 aliphatic rings. The van der Waals surface area contributed by atoms with Gasteiger partial charge in [-0.25, -0.2) is 0 Å². The fourth-order valence-corrected chi connectivity index (χ4v) is 0.986. The number of alkyl halides is 1. The van der Waals surface area contributed by atoms with Gasteiger partial charge >= 0.3 is 0 Å². The molecule has 0 aromatic heterocycles. The van der Waals surface area contributed by atoms with Crippen molar-refractivity contribution >= 4 is 18.0 Å². The summed E-state index contributed by atoms with van der Waals surface area (Å²) in [4.78, 5) is 14.5. The summed E-state index contributed by atoms with van der Waals surface area (Å²) in [5, 5.41) is 9.31. The van der Waals surface area contributed by atoms with Crippen LogP contribution in [0, 0.1) is 0 Å². The summed E-state index contributed by atoms with van der Waals surface area (Å²) < 4.78 is 0. The molecule has 0 unspecified atom stereocenters. The Kier molecular flexibility index (Phi) is 3.40. The predicted molar refractivity (Wildman–Crippen MR) is 47.5 cm³/mol. The molecule has 70 valence electrons. The van der Waals surface area contributed by atoms with Gasteiger partial charge in [-0.1, -0.05) is 6.07 Å². The zero-order chi connectivity index (χ0) is 9.68. The fourth-order valence-electron chi connectivity index (χ4n) is 0.820. The first-order valence-corrected chi connectivity index (χ1v) is 4.05. The number of carbonyl (C=O) groups is 1. The lowest BCUT2D eigenvalue weighted by atomic mass is 10.2. The molecule has 0 aliphatic carbocycles. The number of hydroxylamine groups is 1. The molecule has 0 spiro atoms. The van der Waals surface area contributed by atoms with E-state index in [1.54, 1.807) is 6.07 Å². The van der Waals surface area contributed by atoms with Crippen molar-refractivity contribution in [2.75, 3.05) is 0 Å². The molecule has 1 amide bonds. The molecular weight excluding hydrogens is 194 g/mol. The number of nitrogens with one attached hydrogen (secondary N) is 1. The van der Waals surface area contributed by atoms with Crippen molar-refractivity contribution in [3.05, 3.63) is 23.8 Å². The summed E-state index contributed by atoms with van der Waals surface area (Å²) in [6.07, 6.45) is 0.370. The Labute approximate surface area is 80.0 Å². The first-order chi connectivity index (χ1) is 6.27. The van der Waals surface area contributed by atoms with Gasteiger partial charge in [-0.3, -0.25) is 4.79 Å². The van der Waals surface area contributed by atoms with Crippen LogP contribution in [0.4, 0.5) is 0 Å². The van der Waals surface area contributed by atoms with E-state index < -0.39 is 0 Å². The highest BCUT2D eigenvalue weighted by molar-refractivity contribution is 6.17. The third-order valence-electron chi connectivity index (χ3n) is 1.39. The molecule has 5 heteroatoms. The molecule has 0 radical (unpaired) electrons. The predicted octanol–water partition coefficient (Wildman–Crippen LogP) is 1.17. The minimum Gasteiger partial charge on any atom is -0.504 e. The van der Waals surface area contributed by atoms with Crippen molar-refractivity contribution in [1.29, 1.82) is 0 Å². The second kappa shape index (κ2) is 4.57. The number of hydrogen-bond donors (Lipinski definition) is 2. The summed E-state index contributed by atoms with van der Waals surface area (Å²) in [5.41, 5.74) is 2.74. The molecule has 4 nitrogen and oxygen atoms in total. The lowest BCUT2D eigenvalue weighted by Gasteiger charge is -2.05. The van der Waals surface area contributed by atoms with Gasteiger partial charge in [-0.15, -0.1) is 11.6 Å². The summed E-state index contributed by atoms with van der Waals surface area (Å²) in [6, 6.07) is 4.67. The number of aromatic hydroxyl groups is 1. The fraction of sp³-hybridized carbons (Fsp3) is 0.125. The molecule has 13 heavy (non-hydrogen) atoms. The minimum atomic E-state index is -0.0625. The number of phenols is 1. The van der Waals surface area contributed by atoms with Gasteiger partial charge < -0.3 is 9.94 Å². The van der Waals surface area contributed by atoms with E-state index in [2.05, 4.69) is 4.84 Å². The van der Waals surface area contributed by atoms with Crippen molar-refractivity contribution in [2.45, 2.75) is 5.88 Å².